The first-order valence-electron chi connectivity index (χ1n) is 10.1. The van der Waals surface area contributed by atoms with E-state index in [2.05, 4.69) is 24.1 Å². The van der Waals surface area contributed by atoms with E-state index < -0.39 is 5.41 Å². The van der Waals surface area contributed by atoms with Gasteiger partial charge in [0.05, 0.1) is 30.6 Å². The molecule has 140 valence electrons. The summed E-state index contributed by atoms with van der Waals surface area (Å²) in [6.07, 6.45) is 3.88. The van der Waals surface area contributed by atoms with E-state index in [-0.39, 0.29) is 29.9 Å². The van der Waals surface area contributed by atoms with E-state index in [0.717, 1.165) is 30.8 Å². The smallest absolute Gasteiger partial charge is 0.229 e. The van der Waals surface area contributed by atoms with Crippen LogP contribution in [0.5, 0.6) is 0 Å². The number of likely N-dealkylation sites (N-methyl/N-ethyl adjacent to an activating group) is 1. The number of rotatable bonds is 0. The molecule has 4 bridgehead atoms. The fourth-order valence-corrected chi connectivity index (χ4v) is 6.64. The summed E-state index contributed by atoms with van der Waals surface area (Å²) in [6.45, 7) is 2.30. The first-order chi connectivity index (χ1) is 13.1. The zero-order chi connectivity index (χ0) is 18.3. The molecule has 1 saturated carbocycles. The minimum Gasteiger partial charge on any atom is -0.373 e. The fraction of sp³-hybridized carbons (Fsp3) is 0.545. The van der Waals surface area contributed by atoms with E-state index in [4.69, 9.17) is 4.74 Å². The van der Waals surface area contributed by atoms with Gasteiger partial charge in [-0.3, -0.25) is 9.59 Å². The van der Waals surface area contributed by atoms with Crippen LogP contribution < -0.4 is 4.90 Å². The summed E-state index contributed by atoms with van der Waals surface area (Å²) in [5.74, 6) is 0.821. The first kappa shape index (κ1) is 16.0. The van der Waals surface area contributed by atoms with Gasteiger partial charge in [-0.2, -0.15) is 0 Å². The maximum atomic E-state index is 13.8. The summed E-state index contributed by atoms with van der Waals surface area (Å²) in [6, 6.07) is 8.01. The number of fused-ring (bicyclic) bond motifs is 6. The molecule has 1 aliphatic carbocycles. The van der Waals surface area contributed by atoms with Crippen LogP contribution in [0.15, 0.2) is 35.9 Å². The average Bonchev–Trinajstić information content (AvgIpc) is 2.90. The van der Waals surface area contributed by atoms with Gasteiger partial charge in [0.2, 0.25) is 5.91 Å². The Hall–Kier alpha value is -1.98. The number of benzene rings is 1. The quantitative estimate of drug-likeness (QED) is 0.660. The van der Waals surface area contributed by atoms with Crippen molar-refractivity contribution in [3.05, 3.63) is 41.5 Å². The lowest BCUT2D eigenvalue weighted by atomic mass is 9.55. The van der Waals surface area contributed by atoms with E-state index in [0.29, 0.717) is 25.2 Å². The van der Waals surface area contributed by atoms with Gasteiger partial charge < -0.3 is 14.5 Å². The van der Waals surface area contributed by atoms with Crippen molar-refractivity contribution in [1.82, 2.24) is 4.90 Å². The number of ether oxygens (including phenoxy) is 1. The summed E-state index contributed by atoms with van der Waals surface area (Å²) in [4.78, 5) is 31.3. The van der Waals surface area contributed by atoms with Gasteiger partial charge in [-0.25, -0.2) is 0 Å². The lowest BCUT2D eigenvalue weighted by Crippen LogP contribution is -2.66. The monoisotopic (exact) mass is 364 g/mol. The van der Waals surface area contributed by atoms with Gasteiger partial charge in [0.25, 0.3) is 0 Å². The van der Waals surface area contributed by atoms with Crippen LogP contribution in [0.25, 0.3) is 0 Å². The third-order valence-corrected chi connectivity index (χ3v) is 7.71. The van der Waals surface area contributed by atoms with Crippen molar-refractivity contribution in [2.75, 3.05) is 31.6 Å². The molecule has 1 aromatic rings. The second kappa shape index (κ2) is 5.30. The number of piperidine rings is 1. The predicted octanol–water partition coefficient (Wildman–Crippen LogP) is 1.91. The molecule has 5 heteroatoms. The maximum absolute atomic E-state index is 13.8. The van der Waals surface area contributed by atoms with Gasteiger partial charge in [-0.1, -0.05) is 29.8 Å². The summed E-state index contributed by atoms with van der Waals surface area (Å²) in [5.41, 5.74) is 2.78. The van der Waals surface area contributed by atoms with Crippen LogP contribution in [0.3, 0.4) is 0 Å². The molecule has 1 amide bonds. The highest BCUT2D eigenvalue weighted by Crippen LogP contribution is 2.60. The Morgan fingerprint density at radius 2 is 2.04 bits per heavy atom. The number of hydrogen-bond acceptors (Lipinski definition) is 4. The molecule has 3 saturated heterocycles. The zero-order valence-corrected chi connectivity index (χ0v) is 15.6. The number of hydrogen-bond donors (Lipinski definition) is 0. The average molecular weight is 364 g/mol. The minimum absolute atomic E-state index is 0.0808. The Morgan fingerprint density at radius 1 is 1.19 bits per heavy atom. The Morgan fingerprint density at radius 3 is 2.93 bits per heavy atom. The van der Waals surface area contributed by atoms with Gasteiger partial charge in [-0.15, -0.1) is 0 Å². The number of amides is 1. The Kier molecular flexibility index (Phi) is 3.14. The largest absolute Gasteiger partial charge is 0.373 e. The van der Waals surface area contributed by atoms with Crippen LogP contribution in [0.1, 0.15) is 24.8 Å². The molecule has 0 unspecified atom stereocenters. The molecule has 6 aliphatic rings. The second-order valence-electron chi connectivity index (χ2n) is 8.85. The molecular formula is C22H24N2O3. The molecule has 5 heterocycles. The number of carbonyl (C=O) groups excluding carboxylic acids is 2. The minimum atomic E-state index is -0.580. The molecule has 0 aromatic heterocycles. The number of anilines is 1. The highest BCUT2D eigenvalue weighted by molar-refractivity contribution is 6.06. The molecule has 4 fully saturated rings. The van der Waals surface area contributed by atoms with Crippen LogP contribution in [-0.4, -0.2) is 55.5 Å². The Balaban J connectivity index is 1.66. The Bertz CT molecular complexity index is 893. The van der Waals surface area contributed by atoms with Crippen molar-refractivity contribution >= 4 is 17.4 Å². The van der Waals surface area contributed by atoms with Crippen LogP contribution >= 0.6 is 0 Å². The number of carbonyl (C=O) groups is 2. The predicted molar refractivity (Wildman–Crippen MR) is 101 cm³/mol. The molecule has 27 heavy (non-hydrogen) atoms. The molecule has 5 atom stereocenters. The van der Waals surface area contributed by atoms with Crippen molar-refractivity contribution in [3.63, 3.8) is 0 Å². The molecule has 1 spiro atoms. The topological polar surface area (TPSA) is 49.9 Å². The normalized spacial score (nSPS) is 40.0. The first-order valence-corrected chi connectivity index (χ1v) is 10.1. The van der Waals surface area contributed by atoms with Crippen molar-refractivity contribution < 1.29 is 14.3 Å². The standard InChI is InChI=1S/C22H24N2O3/c1-23-8-7-22-15-4-2-3-5-16(15)24-19(26)11-17-20(21(22)24)14(10-18(22)25)13(12-23)6-9-27-17/h2-6,14,17,20-21H,7-12H2,1H3/t14-,17-,20-,21-,22+/m0/s1. The zero-order valence-electron chi connectivity index (χ0n) is 15.6. The number of nitrogens with zero attached hydrogens (tertiary/aromatic N) is 2. The molecular weight excluding hydrogens is 340 g/mol. The molecule has 5 aliphatic heterocycles. The van der Waals surface area contributed by atoms with Gasteiger partial charge in [0.15, 0.2) is 0 Å². The van der Waals surface area contributed by atoms with Crippen molar-refractivity contribution in [1.29, 1.82) is 0 Å². The summed E-state index contributed by atoms with van der Waals surface area (Å²) in [5, 5.41) is 0. The Labute approximate surface area is 159 Å². The van der Waals surface area contributed by atoms with Crippen LogP contribution in [0, 0.1) is 11.8 Å². The van der Waals surface area contributed by atoms with E-state index in [1.165, 1.54) is 5.57 Å². The van der Waals surface area contributed by atoms with Gasteiger partial charge in [0, 0.05) is 24.6 Å². The second-order valence-corrected chi connectivity index (χ2v) is 8.85. The number of ketones is 1. The fourth-order valence-electron chi connectivity index (χ4n) is 6.64. The lowest BCUT2D eigenvalue weighted by molar-refractivity contribution is -0.140. The number of Topliss-reactive ketones (excluding diaryl/α,β-unsaturated/α-hetero) is 1. The van der Waals surface area contributed by atoms with Crippen LogP contribution in [-0.2, 0) is 19.7 Å². The molecule has 5 nitrogen and oxygen atoms in total. The maximum Gasteiger partial charge on any atom is 0.229 e. The van der Waals surface area contributed by atoms with Gasteiger partial charge in [-0.05, 0) is 37.6 Å². The molecule has 1 aromatic carbocycles. The molecule has 0 radical (unpaired) electrons. The number of para-hydroxylation sites is 1. The van der Waals surface area contributed by atoms with Gasteiger partial charge >= 0.3 is 0 Å². The third kappa shape index (κ3) is 1.87. The van der Waals surface area contributed by atoms with E-state index >= 15 is 0 Å². The highest BCUT2D eigenvalue weighted by Gasteiger charge is 2.67. The van der Waals surface area contributed by atoms with Crippen molar-refractivity contribution in [3.8, 4) is 0 Å². The van der Waals surface area contributed by atoms with Crippen LogP contribution in [0.2, 0.25) is 0 Å². The van der Waals surface area contributed by atoms with Gasteiger partial charge in [0.1, 0.15) is 5.78 Å². The summed E-state index contributed by atoms with van der Waals surface area (Å²) in [7, 11) is 2.14. The SMILES string of the molecule is CN1CC[C@]23C(=O)C[C@H]4C(=CCO[C@H]5CC(=O)N(c6ccccc62)[C@H]3[C@H]54)C1. The highest BCUT2D eigenvalue weighted by atomic mass is 16.5. The molecule has 7 rings (SSSR count). The van der Waals surface area contributed by atoms with E-state index in [1.807, 2.05) is 23.1 Å². The summed E-state index contributed by atoms with van der Waals surface area (Å²) < 4.78 is 6.20. The summed E-state index contributed by atoms with van der Waals surface area (Å²) >= 11 is 0. The van der Waals surface area contributed by atoms with Crippen molar-refractivity contribution in [2.24, 2.45) is 11.8 Å². The lowest BCUT2D eigenvalue weighted by Gasteiger charge is -2.53. The van der Waals surface area contributed by atoms with Crippen LogP contribution in [0.4, 0.5) is 5.69 Å². The van der Waals surface area contributed by atoms with E-state index in [1.54, 1.807) is 0 Å². The molecule has 0 N–H and O–H groups in total. The van der Waals surface area contributed by atoms with E-state index in [9.17, 15) is 9.59 Å². The third-order valence-electron chi connectivity index (χ3n) is 7.71. The van der Waals surface area contributed by atoms with Crippen molar-refractivity contribution in [2.45, 2.75) is 36.8 Å².